The van der Waals surface area contributed by atoms with Gasteiger partial charge >= 0.3 is 0 Å². The Balaban J connectivity index is 1.76. The van der Waals surface area contributed by atoms with Crippen LogP contribution in [0.15, 0.2) is 56.9 Å². The van der Waals surface area contributed by atoms with Gasteiger partial charge in [-0.05, 0) is 42.5 Å². The molecule has 1 aromatic heterocycles. The van der Waals surface area contributed by atoms with Crippen molar-refractivity contribution in [3.05, 3.63) is 63.1 Å². The number of benzene rings is 2. The maximum absolute atomic E-state index is 12.9. The minimum Gasteiger partial charge on any atom is -0.493 e. The molecular weight excluding hydrogens is 435 g/mol. The Morgan fingerprint density at radius 2 is 1.96 bits per heavy atom. The molecule has 0 bridgehead atoms. The number of thioether (sulfide) groups is 1. The molecule has 0 N–H and O–H groups in total. The lowest BCUT2D eigenvalue weighted by atomic mass is 10.2. The Bertz CT molecular complexity index is 979. The molecule has 0 saturated heterocycles. The number of halogens is 2. The van der Waals surface area contributed by atoms with E-state index >= 15 is 0 Å². The molecule has 3 rings (SSSR count). The summed E-state index contributed by atoms with van der Waals surface area (Å²) >= 11 is 4.83. The fourth-order valence-corrected chi connectivity index (χ4v) is 3.69. The van der Waals surface area contributed by atoms with Crippen LogP contribution in [0.3, 0.4) is 0 Å². The fourth-order valence-electron chi connectivity index (χ4n) is 2.49. The van der Waals surface area contributed by atoms with Crippen molar-refractivity contribution in [1.29, 1.82) is 0 Å². The molecule has 0 radical (unpaired) electrons. The smallest absolute Gasteiger partial charge is 0.262 e. The van der Waals surface area contributed by atoms with E-state index in [9.17, 15) is 9.18 Å². The number of aromatic nitrogens is 2. The summed E-state index contributed by atoms with van der Waals surface area (Å²) in [6, 6.07) is 11.3. The van der Waals surface area contributed by atoms with Gasteiger partial charge in [0.2, 0.25) is 0 Å². The van der Waals surface area contributed by atoms with Crippen LogP contribution < -0.4 is 10.3 Å². The van der Waals surface area contributed by atoms with Crippen molar-refractivity contribution in [2.24, 2.45) is 0 Å². The maximum atomic E-state index is 12.9. The number of fused-ring (bicyclic) bond motifs is 1. The lowest BCUT2D eigenvalue weighted by Crippen LogP contribution is -2.25. The predicted octanol–water partition coefficient (Wildman–Crippen LogP) is 4.12. The maximum Gasteiger partial charge on any atom is 0.262 e. The molecular formula is C19H18BrFN2O3S. The molecule has 1 heterocycles. The molecule has 142 valence electrons. The summed E-state index contributed by atoms with van der Waals surface area (Å²) in [5.41, 5.74) is 0.555. The Morgan fingerprint density at radius 3 is 2.70 bits per heavy atom. The second-order valence-corrected chi connectivity index (χ2v) is 7.63. The molecule has 0 spiro atoms. The summed E-state index contributed by atoms with van der Waals surface area (Å²) in [6.45, 7) is 1.25. The zero-order valence-electron chi connectivity index (χ0n) is 14.7. The first-order valence-corrected chi connectivity index (χ1v) is 10.1. The van der Waals surface area contributed by atoms with Gasteiger partial charge in [0, 0.05) is 17.3 Å². The van der Waals surface area contributed by atoms with Gasteiger partial charge in [-0.15, -0.1) is 0 Å². The third-order valence-corrected chi connectivity index (χ3v) is 5.23. The van der Waals surface area contributed by atoms with Crippen LogP contribution in [0, 0.1) is 5.82 Å². The van der Waals surface area contributed by atoms with E-state index in [0.717, 1.165) is 4.47 Å². The van der Waals surface area contributed by atoms with Gasteiger partial charge in [0.05, 0.1) is 30.7 Å². The SMILES string of the molecule is COCCn1c(SCCOc2ccc(F)cc2)nc2ccc(Br)cc2c1=O. The second kappa shape index (κ2) is 9.34. The number of rotatable bonds is 8. The highest BCUT2D eigenvalue weighted by molar-refractivity contribution is 9.10. The molecule has 0 amide bonds. The van der Waals surface area contributed by atoms with Crippen LogP contribution in [0.25, 0.3) is 10.9 Å². The molecule has 2 aromatic carbocycles. The Labute approximate surface area is 168 Å². The molecule has 27 heavy (non-hydrogen) atoms. The fraction of sp³-hybridized carbons (Fsp3) is 0.263. The van der Waals surface area contributed by atoms with Gasteiger partial charge in [-0.3, -0.25) is 9.36 Å². The van der Waals surface area contributed by atoms with Crippen LogP contribution in [0.1, 0.15) is 0 Å². The molecule has 0 saturated carbocycles. The van der Waals surface area contributed by atoms with Gasteiger partial charge in [-0.2, -0.15) is 0 Å². The molecule has 8 heteroatoms. The van der Waals surface area contributed by atoms with E-state index in [1.807, 2.05) is 12.1 Å². The third-order valence-electron chi connectivity index (χ3n) is 3.80. The van der Waals surface area contributed by atoms with Crippen LogP contribution in [0.2, 0.25) is 0 Å². The van der Waals surface area contributed by atoms with Crippen molar-refractivity contribution >= 4 is 38.6 Å². The second-order valence-electron chi connectivity index (χ2n) is 5.66. The number of ether oxygens (including phenoxy) is 2. The number of hydrogen-bond acceptors (Lipinski definition) is 5. The zero-order chi connectivity index (χ0) is 19.2. The normalized spacial score (nSPS) is 11.1. The highest BCUT2D eigenvalue weighted by Crippen LogP contribution is 2.21. The first-order valence-electron chi connectivity index (χ1n) is 8.28. The Morgan fingerprint density at radius 1 is 1.19 bits per heavy atom. The molecule has 0 unspecified atom stereocenters. The molecule has 5 nitrogen and oxygen atoms in total. The summed E-state index contributed by atoms with van der Waals surface area (Å²) in [6.07, 6.45) is 0. The first kappa shape index (κ1) is 19.9. The molecule has 0 aliphatic heterocycles. The standard InChI is InChI=1S/C19H18BrFN2O3S/c1-25-9-8-23-18(24)16-12-13(20)2-7-17(16)22-19(23)27-11-10-26-15-5-3-14(21)4-6-15/h2-7,12H,8-11H2,1H3. The number of hydrogen-bond donors (Lipinski definition) is 0. The Kier molecular flexibility index (Phi) is 6.87. The van der Waals surface area contributed by atoms with E-state index in [-0.39, 0.29) is 11.4 Å². The zero-order valence-corrected chi connectivity index (χ0v) is 17.1. The average molecular weight is 453 g/mol. The Hall–Kier alpha value is -1.90. The number of methoxy groups -OCH3 is 1. The van der Waals surface area contributed by atoms with Crippen molar-refractivity contribution in [2.45, 2.75) is 11.7 Å². The topological polar surface area (TPSA) is 53.4 Å². The summed E-state index contributed by atoms with van der Waals surface area (Å²) < 4.78 is 26.1. The highest BCUT2D eigenvalue weighted by atomic mass is 79.9. The lowest BCUT2D eigenvalue weighted by Gasteiger charge is -2.13. The van der Waals surface area contributed by atoms with E-state index in [4.69, 9.17) is 9.47 Å². The van der Waals surface area contributed by atoms with Crippen molar-refractivity contribution in [2.75, 3.05) is 26.1 Å². The van der Waals surface area contributed by atoms with E-state index < -0.39 is 0 Å². The summed E-state index contributed by atoms with van der Waals surface area (Å²) in [4.78, 5) is 17.5. The quantitative estimate of drug-likeness (QED) is 0.292. The van der Waals surface area contributed by atoms with Crippen LogP contribution in [0.4, 0.5) is 4.39 Å². The summed E-state index contributed by atoms with van der Waals surface area (Å²) in [5, 5.41) is 1.18. The van der Waals surface area contributed by atoms with E-state index in [1.54, 1.807) is 29.9 Å². The summed E-state index contributed by atoms with van der Waals surface area (Å²) in [7, 11) is 1.60. The highest BCUT2D eigenvalue weighted by Gasteiger charge is 2.12. The van der Waals surface area contributed by atoms with Crippen LogP contribution in [-0.4, -0.2) is 35.6 Å². The molecule has 0 aliphatic rings. The van der Waals surface area contributed by atoms with Crippen molar-refractivity contribution in [1.82, 2.24) is 9.55 Å². The van der Waals surface area contributed by atoms with Gasteiger partial charge in [0.15, 0.2) is 5.16 Å². The molecule has 0 aliphatic carbocycles. The molecule has 0 fully saturated rings. The molecule has 0 atom stereocenters. The van der Waals surface area contributed by atoms with Crippen LogP contribution >= 0.6 is 27.7 Å². The summed E-state index contributed by atoms with van der Waals surface area (Å²) in [5.74, 6) is 0.898. The largest absolute Gasteiger partial charge is 0.493 e. The van der Waals surface area contributed by atoms with Crippen LogP contribution in [-0.2, 0) is 11.3 Å². The van der Waals surface area contributed by atoms with Gasteiger partial charge < -0.3 is 9.47 Å². The minimum absolute atomic E-state index is 0.0969. The lowest BCUT2D eigenvalue weighted by molar-refractivity contribution is 0.183. The van der Waals surface area contributed by atoms with E-state index in [1.165, 1.54) is 23.9 Å². The van der Waals surface area contributed by atoms with Crippen molar-refractivity contribution in [3.63, 3.8) is 0 Å². The third kappa shape index (κ3) is 5.09. The molecule has 3 aromatic rings. The van der Waals surface area contributed by atoms with Crippen molar-refractivity contribution < 1.29 is 13.9 Å². The minimum atomic E-state index is -0.300. The average Bonchev–Trinajstić information content (AvgIpc) is 2.67. The van der Waals surface area contributed by atoms with Crippen molar-refractivity contribution in [3.8, 4) is 5.75 Å². The monoisotopic (exact) mass is 452 g/mol. The van der Waals surface area contributed by atoms with Crippen LogP contribution in [0.5, 0.6) is 5.75 Å². The van der Waals surface area contributed by atoms with E-state index in [2.05, 4.69) is 20.9 Å². The van der Waals surface area contributed by atoms with Gasteiger partial charge in [0.25, 0.3) is 5.56 Å². The number of nitrogens with zero attached hydrogens (tertiary/aromatic N) is 2. The van der Waals surface area contributed by atoms with Gasteiger partial charge in [-0.1, -0.05) is 27.7 Å². The van der Waals surface area contributed by atoms with Gasteiger partial charge in [-0.25, -0.2) is 9.37 Å². The predicted molar refractivity (Wildman–Crippen MR) is 108 cm³/mol. The van der Waals surface area contributed by atoms with Gasteiger partial charge in [0.1, 0.15) is 11.6 Å². The van der Waals surface area contributed by atoms with E-state index in [0.29, 0.717) is 47.3 Å². The first-order chi connectivity index (χ1) is 13.1.